The van der Waals surface area contributed by atoms with E-state index in [9.17, 15) is 9.59 Å². The minimum absolute atomic E-state index is 0.422. The van der Waals surface area contributed by atoms with E-state index in [1.54, 1.807) is 6.92 Å². The molecule has 1 aliphatic carbocycles. The highest BCUT2D eigenvalue weighted by molar-refractivity contribution is 5.88. The van der Waals surface area contributed by atoms with Gasteiger partial charge in [-0.05, 0) is 44.4 Å². The molecule has 0 unspecified atom stereocenters. The molecule has 5 rings (SSSR count). The molecule has 0 bridgehead atoms. The molecule has 1 aromatic carbocycles. The fourth-order valence-corrected chi connectivity index (χ4v) is 4.43. The minimum Gasteiger partial charge on any atom is -0.364 e. The van der Waals surface area contributed by atoms with Gasteiger partial charge in [-0.25, -0.2) is 0 Å². The Kier molecular flexibility index (Phi) is 2.91. The van der Waals surface area contributed by atoms with Crippen LogP contribution in [0.15, 0.2) is 34.2 Å². The van der Waals surface area contributed by atoms with Gasteiger partial charge in [0.2, 0.25) is 10.9 Å². The van der Waals surface area contributed by atoms with E-state index in [2.05, 4.69) is 33.0 Å². The Labute approximate surface area is 148 Å². The third kappa shape index (κ3) is 1.75. The maximum atomic E-state index is 12.5. The predicted octanol–water partition coefficient (Wildman–Crippen LogP) is 2.33. The number of nitrogens with one attached hydrogen (secondary N) is 1. The molecule has 0 fully saturated rings. The molecular formula is C21H19N3O2. The third-order valence-electron chi connectivity index (χ3n) is 5.60. The van der Waals surface area contributed by atoms with Crippen LogP contribution in [0.2, 0.25) is 0 Å². The molecule has 0 amide bonds. The molecule has 5 nitrogen and oxygen atoms in total. The first kappa shape index (κ1) is 15.2. The van der Waals surface area contributed by atoms with Gasteiger partial charge in [-0.3, -0.25) is 9.59 Å². The van der Waals surface area contributed by atoms with Gasteiger partial charge in [-0.15, -0.1) is 0 Å². The number of aromatic nitrogens is 3. The Morgan fingerprint density at radius 3 is 2.65 bits per heavy atom. The molecule has 0 saturated carbocycles. The summed E-state index contributed by atoms with van der Waals surface area (Å²) in [6, 6.07) is 1.49. The quantitative estimate of drug-likeness (QED) is 0.497. The van der Waals surface area contributed by atoms with E-state index in [1.165, 1.54) is 22.4 Å². The van der Waals surface area contributed by atoms with E-state index in [0.29, 0.717) is 5.56 Å². The van der Waals surface area contributed by atoms with Crippen LogP contribution in [0.1, 0.15) is 28.8 Å². The van der Waals surface area contributed by atoms with Gasteiger partial charge in [0.1, 0.15) is 0 Å². The second-order valence-corrected chi connectivity index (χ2v) is 7.18. The normalized spacial score (nSPS) is 13.5. The van der Waals surface area contributed by atoms with Gasteiger partial charge in [-0.1, -0.05) is 6.08 Å². The number of hydrogen-bond donors (Lipinski definition) is 1. The SMILES string of the molecule is Cc1cn2c3c(c4c[nH]cc(C)n4c4cc(=O)c(=O)c(C)c42)CCC=c13. The van der Waals surface area contributed by atoms with Crippen molar-refractivity contribution in [1.82, 2.24) is 13.8 Å². The van der Waals surface area contributed by atoms with Crippen LogP contribution in [-0.4, -0.2) is 13.8 Å². The van der Waals surface area contributed by atoms with E-state index in [1.807, 2.05) is 19.3 Å². The van der Waals surface area contributed by atoms with Crippen molar-refractivity contribution in [3.63, 3.8) is 0 Å². The zero-order chi connectivity index (χ0) is 18.2. The Balaban J connectivity index is 2.35. The van der Waals surface area contributed by atoms with E-state index >= 15 is 0 Å². The Hall–Kier alpha value is -3.08. The fraction of sp³-hybridized carbons (Fsp3) is 0.238. The molecule has 0 aliphatic heterocycles. The number of fused-ring (bicyclic) bond motifs is 5. The summed E-state index contributed by atoms with van der Waals surface area (Å²) in [6.45, 7) is 5.87. The topological polar surface area (TPSA) is 58.8 Å². The lowest BCUT2D eigenvalue weighted by Crippen LogP contribution is -2.25. The lowest BCUT2D eigenvalue weighted by atomic mass is 10.0. The van der Waals surface area contributed by atoms with Crippen LogP contribution >= 0.6 is 0 Å². The van der Waals surface area contributed by atoms with Crippen LogP contribution in [-0.2, 0) is 6.42 Å². The predicted molar refractivity (Wildman–Crippen MR) is 104 cm³/mol. The summed E-state index contributed by atoms with van der Waals surface area (Å²) in [4.78, 5) is 28.0. The fourth-order valence-electron chi connectivity index (χ4n) is 4.43. The lowest BCUT2D eigenvalue weighted by Gasteiger charge is -2.10. The molecule has 26 heavy (non-hydrogen) atoms. The number of rotatable bonds is 0. The summed E-state index contributed by atoms with van der Waals surface area (Å²) in [6.07, 6.45) is 10.2. The number of H-pyrrole nitrogens is 1. The number of nitrogens with zero attached hydrogens (tertiary/aromatic N) is 2. The molecular weight excluding hydrogens is 326 g/mol. The first-order valence-corrected chi connectivity index (χ1v) is 8.86. The Morgan fingerprint density at radius 1 is 1.04 bits per heavy atom. The molecule has 5 heteroatoms. The summed E-state index contributed by atoms with van der Waals surface area (Å²) in [7, 11) is 0. The highest BCUT2D eigenvalue weighted by atomic mass is 16.2. The highest BCUT2D eigenvalue weighted by Crippen LogP contribution is 2.26. The maximum absolute atomic E-state index is 12.5. The van der Waals surface area contributed by atoms with Crippen molar-refractivity contribution in [3.05, 3.63) is 72.7 Å². The Bertz CT molecular complexity index is 1450. The van der Waals surface area contributed by atoms with Crippen molar-refractivity contribution in [1.29, 1.82) is 0 Å². The van der Waals surface area contributed by atoms with Crippen LogP contribution in [0.5, 0.6) is 0 Å². The molecule has 1 aliphatic rings. The van der Waals surface area contributed by atoms with Crippen LogP contribution in [0.4, 0.5) is 0 Å². The summed E-state index contributed by atoms with van der Waals surface area (Å²) < 4.78 is 4.22. The highest BCUT2D eigenvalue weighted by Gasteiger charge is 2.19. The van der Waals surface area contributed by atoms with Gasteiger partial charge in [0, 0.05) is 41.5 Å². The van der Waals surface area contributed by atoms with E-state index in [-0.39, 0.29) is 0 Å². The largest absolute Gasteiger partial charge is 0.364 e. The second-order valence-electron chi connectivity index (χ2n) is 7.18. The van der Waals surface area contributed by atoms with Crippen LogP contribution in [0.3, 0.4) is 0 Å². The molecule has 3 heterocycles. The van der Waals surface area contributed by atoms with Crippen LogP contribution < -0.4 is 16.1 Å². The molecule has 0 saturated heterocycles. The van der Waals surface area contributed by atoms with Gasteiger partial charge in [0.05, 0.1) is 22.1 Å². The molecule has 4 aromatic rings. The summed E-state index contributed by atoms with van der Waals surface area (Å²) in [5.41, 5.74) is 6.82. The smallest absolute Gasteiger partial charge is 0.230 e. The first-order chi connectivity index (χ1) is 12.5. The van der Waals surface area contributed by atoms with E-state index < -0.39 is 10.9 Å². The van der Waals surface area contributed by atoms with Crippen molar-refractivity contribution >= 4 is 28.1 Å². The molecule has 0 atom stereocenters. The van der Waals surface area contributed by atoms with Crippen LogP contribution in [0.25, 0.3) is 28.1 Å². The molecule has 3 aromatic heterocycles. The summed E-state index contributed by atoms with van der Waals surface area (Å²) in [5, 5.41) is 1.23. The van der Waals surface area contributed by atoms with Gasteiger partial charge in [-0.2, -0.15) is 0 Å². The number of benzene rings is 1. The standard InChI is InChI=1S/C21H19N3O2/c1-11-10-23-19-13(3)21(26)18(25)7-16(19)24-12(2)8-22-9-17(24)15-6-4-5-14(11)20(15)23/h5,7-10,22H,4,6H2,1-3H3. The van der Waals surface area contributed by atoms with Crippen molar-refractivity contribution in [2.24, 2.45) is 0 Å². The summed E-state index contributed by atoms with van der Waals surface area (Å²) in [5.74, 6) is 0. The zero-order valence-corrected chi connectivity index (χ0v) is 15.0. The number of aryl methyl sites for hydroxylation is 4. The maximum Gasteiger partial charge on any atom is 0.230 e. The van der Waals surface area contributed by atoms with Crippen molar-refractivity contribution in [2.45, 2.75) is 33.6 Å². The van der Waals surface area contributed by atoms with Crippen molar-refractivity contribution < 1.29 is 0 Å². The average Bonchev–Trinajstić information content (AvgIpc) is 2.90. The Morgan fingerprint density at radius 2 is 1.85 bits per heavy atom. The second kappa shape index (κ2) is 4.97. The van der Waals surface area contributed by atoms with Gasteiger partial charge >= 0.3 is 0 Å². The zero-order valence-electron chi connectivity index (χ0n) is 15.0. The van der Waals surface area contributed by atoms with Gasteiger partial charge in [0.15, 0.2) is 0 Å². The monoisotopic (exact) mass is 345 g/mol. The third-order valence-corrected chi connectivity index (χ3v) is 5.60. The van der Waals surface area contributed by atoms with E-state index in [0.717, 1.165) is 40.6 Å². The number of hydrogen-bond acceptors (Lipinski definition) is 2. The minimum atomic E-state index is -0.456. The lowest BCUT2D eigenvalue weighted by molar-refractivity contribution is 1.01. The summed E-state index contributed by atoms with van der Waals surface area (Å²) >= 11 is 0. The molecule has 130 valence electrons. The molecule has 1 N–H and O–H groups in total. The average molecular weight is 345 g/mol. The van der Waals surface area contributed by atoms with Crippen molar-refractivity contribution in [2.75, 3.05) is 0 Å². The molecule has 0 radical (unpaired) electrons. The van der Waals surface area contributed by atoms with Crippen LogP contribution in [0, 0.1) is 20.8 Å². The van der Waals surface area contributed by atoms with E-state index in [4.69, 9.17) is 0 Å². The van der Waals surface area contributed by atoms with Crippen molar-refractivity contribution in [3.8, 4) is 0 Å². The first-order valence-electron chi connectivity index (χ1n) is 8.86. The number of aromatic amines is 1. The molecule has 0 spiro atoms. The van der Waals surface area contributed by atoms with Gasteiger partial charge in [0.25, 0.3) is 0 Å². The van der Waals surface area contributed by atoms with Gasteiger partial charge < -0.3 is 13.8 Å².